The molecule has 1 heterocycles. The third-order valence-corrected chi connectivity index (χ3v) is 4.67. The summed E-state index contributed by atoms with van der Waals surface area (Å²) in [6.45, 7) is 5.88. The lowest BCUT2D eigenvalue weighted by Crippen LogP contribution is -2.33. The number of carbonyl (C=O) groups is 2. The van der Waals surface area contributed by atoms with Gasteiger partial charge in [0.25, 0.3) is 0 Å². The molecule has 2 unspecified atom stereocenters. The fraction of sp³-hybridized carbons (Fsp3) is 0.529. The Kier molecular flexibility index (Phi) is 6.12. The summed E-state index contributed by atoms with van der Waals surface area (Å²) in [5.41, 5.74) is 5.29. The van der Waals surface area contributed by atoms with Crippen molar-refractivity contribution < 1.29 is 19.1 Å². The van der Waals surface area contributed by atoms with E-state index in [0.717, 1.165) is 10.6 Å². The molecule has 1 aromatic carbocycles. The Morgan fingerprint density at radius 1 is 1.33 bits per heavy atom. The summed E-state index contributed by atoms with van der Waals surface area (Å²) in [6.07, 6.45) is 0.203. The van der Waals surface area contributed by atoms with Crippen LogP contribution in [0.4, 0.5) is 5.69 Å². The van der Waals surface area contributed by atoms with Crippen LogP contribution in [0.25, 0.3) is 0 Å². The second-order valence-corrected chi connectivity index (χ2v) is 7.83. The van der Waals surface area contributed by atoms with Crippen LogP contribution < -0.4 is 11.1 Å². The molecular formula is C17H24N2O4S. The van der Waals surface area contributed by atoms with E-state index in [1.807, 2.05) is 45.0 Å². The van der Waals surface area contributed by atoms with Crippen molar-refractivity contribution in [1.29, 1.82) is 0 Å². The number of amides is 1. The van der Waals surface area contributed by atoms with Gasteiger partial charge < -0.3 is 20.5 Å². The van der Waals surface area contributed by atoms with E-state index in [1.54, 1.807) is 0 Å². The topological polar surface area (TPSA) is 90.7 Å². The van der Waals surface area contributed by atoms with Crippen LogP contribution in [0.2, 0.25) is 0 Å². The Balaban J connectivity index is 2.11. The number of hydrogen-bond acceptors (Lipinski definition) is 6. The van der Waals surface area contributed by atoms with Crippen molar-refractivity contribution in [1.82, 2.24) is 0 Å². The van der Waals surface area contributed by atoms with Gasteiger partial charge in [-0.3, -0.25) is 9.59 Å². The molecule has 3 N–H and O–H groups in total. The third-order valence-electron chi connectivity index (χ3n) is 3.31. The average Bonchev–Trinajstić information content (AvgIpc) is 2.63. The number of rotatable bonds is 5. The largest absolute Gasteiger partial charge is 0.460 e. The molecule has 0 saturated heterocycles. The molecule has 1 aromatic rings. The Morgan fingerprint density at radius 2 is 2.04 bits per heavy atom. The second-order valence-electron chi connectivity index (χ2n) is 6.69. The van der Waals surface area contributed by atoms with E-state index in [4.69, 9.17) is 15.2 Å². The van der Waals surface area contributed by atoms with Gasteiger partial charge in [0.05, 0.1) is 6.42 Å². The molecule has 0 fully saturated rings. The quantitative estimate of drug-likeness (QED) is 0.791. The highest BCUT2D eigenvalue weighted by Gasteiger charge is 2.31. The van der Waals surface area contributed by atoms with Gasteiger partial charge in [0.15, 0.2) is 0 Å². The highest BCUT2D eigenvalue weighted by atomic mass is 32.2. The number of fused-ring (bicyclic) bond motifs is 1. The van der Waals surface area contributed by atoms with E-state index >= 15 is 0 Å². The number of nitrogens with one attached hydrogen (secondary N) is 1. The summed E-state index contributed by atoms with van der Waals surface area (Å²) in [7, 11) is 0. The fourth-order valence-corrected chi connectivity index (χ4v) is 3.57. The van der Waals surface area contributed by atoms with E-state index in [9.17, 15) is 9.59 Å². The molecule has 132 valence electrons. The van der Waals surface area contributed by atoms with Gasteiger partial charge in [-0.25, -0.2) is 0 Å². The van der Waals surface area contributed by atoms with Crippen LogP contribution in [-0.2, 0) is 19.1 Å². The van der Waals surface area contributed by atoms with Crippen molar-refractivity contribution >= 4 is 29.3 Å². The molecular weight excluding hydrogens is 328 g/mol. The number of esters is 1. The van der Waals surface area contributed by atoms with Crippen LogP contribution in [0.15, 0.2) is 29.2 Å². The third kappa shape index (κ3) is 5.72. The van der Waals surface area contributed by atoms with Crippen molar-refractivity contribution in [2.45, 2.75) is 43.1 Å². The van der Waals surface area contributed by atoms with Gasteiger partial charge in [-0.15, -0.1) is 0 Å². The zero-order chi connectivity index (χ0) is 17.7. The van der Waals surface area contributed by atoms with Crippen LogP contribution in [0.5, 0.6) is 0 Å². The fourth-order valence-electron chi connectivity index (χ4n) is 2.37. The molecule has 24 heavy (non-hydrogen) atoms. The smallest absolute Gasteiger partial charge is 0.306 e. The molecule has 0 bridgehead atoms. The second kappa shape index (κ2) is 7.90. The maximum atomic E-state index is 12.2. The van der Waals surface area contributed by atoms with Crippen LogP contribution in [-0.4, -0.2) is 36.1 Å². The van der Waals surface area contributed by atoms with Gasteiger partial charge in [0.2, 0.25) is 5.91 Å². The number of carbonyl (C=O) groups excluding carboxylic acids is 2. The average molecular weight is 352 g/mol. The van der Waals surface area contributed by atoms with Gasteiger partial charge in [0.1, 0.15) is 17.6 Å². The number of ether oxygens (including phenoxy) is 2. The zero-order valence-electron chi connectivity index (χ0n) is 14.2. The van der Waals surface area contributed by atoms with Gasteiger partial charge in [-0.1, -0.05) is 23.9 Å². The molecule has 6 nitrogen and oxygen atoms in total. The maximum absolute atomic E-state index is 12.2. The van der Waals surface area contributed by atoms with Crippen molar-refractivity contribution in [3.63, 3.8) is 0 Å². The highest BCUT2D eigenvalue weighted by Crippen LogP contribution is 2.38. The van der Waals surface area contributed by atoms with Crippen molar-refractivity contribution in [2.24, 2.45) is 11.7 Å². The molecule has 7 heteroatoms. The van der Waals surface area contributed by atoms with E-state index < -0.39 is 11.5 Å². The number of para-hydroxylation sites is 1. The normalized spacial score (nSPS) is 20.5. The minimum absolute atomic E-state index is 0.142. The van der Waals surface area contributed by atoms with Crippen LogP contribution >= 0.6 is 11.8 Å². The van der Waals surface area contributed by atoms with Crippen molar-refractivity contribution in [3.8, 4) is 0 Å². The van der Waals surface area contributed by atoms with Crippen molar-refractivity contribution in [3.05, 3.63) is 24.3 Å². The Bertz CT molecular complexity index is 600. The van der Waals surface area contributed by atoms with Crippen molar-refractivity contribution in [2.75, 3.05) is 18.5 Å². The van der Waals surface area contributed by atoms with E-state index in [0.29, 0.717) is 6.54 Å². The summed E-state index contributed by atoms with van der Waals surface area (Å²) in [4.78, 5) is 24.3. The van der Waals surface area contributed by atoms with Gasteiger partial charge in [-0.2, -0.15) is 0 Å². The van der Waals surface area contributed by atoms with E-state index in [2.05, 4.69) is 5.32 Å². The predicted molar refractivity (Wildman–Crippen MR) is 93.7 cm³/mol. The minimum atomic E-state index is -0.533. The number of thioether (sulfide) groups is 1. The SMILES string of the molecule is CC(C)(C)OC(=O)CC1CNc2ccccc2SC1OCC(N)=O. The monoisotopic (exact) mass is 352 g/mol. The predicted octanol–water partition coefficient (Wildman–Crippen LogP) is 2.38. The molecule has 0 aliphatic carbocycles. The molecule has 2 rings (SSSR count). The van der Waals surface area contributed by atoms with Gasteiger partial charge >= 0.3 is 5.97 Å². The lowest BCUT2D eigenvalue weighted by atomic mass is 10.1. The molecule has 1 amide bonds. The first kappa shape index (κ1) is 18.6. The number of primary amides is 1. The molecule has 1 aliphatic heterocycles. The van der Waals surface area contributed by atoms with E-state index in [1.165, 1.54) is 11.8 Å². The molecule has 0 spiro atoms. The number of anilines is 1. The lowest BCUT2D eigenvalue weighted by Gasteiger charge is -2.26. The molecule has 0 saturated carbocycles. The molecule has 2 atom stereocenters. The first-order chi connectivity index (χ1) is 11.2. The van der Waals surface area contributed by atoms with E-state index in [-0.39, 0.29) is 30.4 Å². The Hall–Kier alpha value is -1.73. The molecule has 0 radical (unpaired) electrons. The Morgan fingerprint density at radius 3 is 2.71 bits per heavy atom. The van der Waals surface area contributed by atoms with Gasteiger partial charge in [0, 0.05) is 23.0 Å². The van der Waals surface area contributed by atoms with Crippen LogP contribution in [0, 0.1) is 5.92 Å². The number of nitrogens with two attached hydrogens (primary N) is 1. The standard InChI is InChI=1S/C17H24N2O4S/c1-17(2,3)23-15(21)8-11-9-19-12-6-4-5-7-13(12)24-16(11)22-10-14(18)20/h4-7,11,16,19H,8-10H2,1-3H3,(H2,18,20). The highest BCUT2D eigenvalue weighted by molar-refractivity contribution is 8.00. The Labute approximate surface area is 146 Å². The first-order valence-electron chi connectivity index (χ1n) is 7.86. The first-order valence-corrected chi connectivity index (χ1v) is 8.74. The summed E-state index contributed by atoms with van der Waals surface area (Å²) < 4.78 is 11.1. The minimum Gasteiger partial charge on any atom is -0.460 e. The lowest BCUT2D eigenvalue weighted by molar-refractivity contribution is -0.156. The number of hydrogen-bond donors (Lipinski definition) is 2. The van der Waals surface area contributed by atoms with Crippen LogP contribution in [0.1, 0.15) is 27.2 Å². The summed E-state index contributed by atoms with van der Waals surface area (Å²) in [5.74, 6) is -0.956. The molecule has 1 aliphatic rings. The summed E-state index contributed by atoms with van der Waals surface area (Å²) >= 11 is 1.49. The zero-order valence-corrected chi connectivity index (χ0v) is 15.0. The maximum Gasteiger partial charge on any atom is 0.306 e. The van der Waals surface area contributed by atoms with Gasteiger partial charge in [-0.05, 0) is 32.9 Å². The number of benzene rings is 1. The summed E-state index contributed by atoms with van der Waals surface area (Å²) in [5, 5.41) is 3.34. The summed E-state index contributed by atoms with van der Waals surface area (Å²) in [6, 6.07) is 7.83. The van der Waals surface area contributed by atoms with Crippen LogP contribution in [0.3, 0.4) is 0 Å². The molecule has 0 aromatic heterocycles.